The minimum Gasteiger partial charge on any atom is -0.361 e. The predicted molar refractivity (Wildman–Crippen MR) is 54.2 cm³/mol. The molecule has 0 N–H and O–H groups in total. The second-order valence-electron chi connectivity index (χ2n) is 3.24. The van der Waals surface area contributed by atoms with Crippen LogP contribution in [0.3, 0.4) is 0 Å². The van der Waals surface area contributed by atoms with E-state index < -0.39 is 0 Å². The van der Waals surface area contributed by atoms with Crippen molar-refractivity contribution >= 4 is 11.5 Å². The van der Waals surface area contributed by atoms with Crippen molar-refractivity contribution < 1.29 is 0 Å². The zero-order chi connectivity index (χ0) is 10.1. The number of hydrogen-bond donors (Lipinski definition) is 0. The lowest BCUT2D eigenvalue weighted by Crippen LogP contribution is -2.08. The van der Waals surface area contributed by atoms with Crippen LogP contribution in [0.1, 0.15) is 5.69 Å². The van der Waals surface area contributed by atoms with Crippen LogP contribution in [-0.4, -0.2) is 23.5 Å². The van der Waals surface area contributed by atoms with Crippen molar-refractivity contribution in [3.05, 3.63) is 30.1 Å². The van der Waals surface area contributed by atoms with Crippen LogP contribution >= 0.6 is 0 Å². The summed E-state index contributed by atoms with van der Waals surface area (Å²) in [5.74, 6) is 0.854. The van der Waals surface area contributed by atoms with E-state index >= 15 is 0 Å². The fraction of sp³-hybridized carbons (Fsp3) is 0.200. The van der Waals surface area contributed by atoms with Crippen LogP contribution in [0.4, 0.5) is 5.82 Å². The quantitative estimate of drug-likeness (QED) is 0.673. The second kappa shape index (κ2) is 3.04. The average Bonchev–Trinajstić information content (AvgIpc) is 2.60. The Bertz CT molecular complexity index is 504. The Morgan fingerprint density at radius 1 is 1.43 bits per heavy atom. The van der Waals surface area contributed by atoms with Gasteiger partial charge in [-0.25, -0.2) is 4.98 Å². The molecule has 2 aromatic heterocycles. The standard InChI is InChI=1S/C10H10N4/c1-13(2)10-7-14-8(6-11)4-3-5-9(14)12-10/h3-5,7H,1-2H3. The Kier molecular flexibility index (Phi) is 1.86. The monoisotopic (exact) mass is 186 g/mol. The van der Waals surface area contributed by atoms with Gasteiger partial charge in [0.05, 0.1) is 6.20 Å². The van der Waals surface area contributed by atoms with Crippen LogP contribution in [0, 0.1) is 11.3 Å². The van der Waals surface area contributed by atoms with Gasteiger partial charge in [-0.1, -0.05) is 6.07 Å². The molecular weight excluding hydrogens is 176 g/mol. The van der Waals surface area contributed by atoms with Gasteiger partial charge < -0.3 is 4.90 Å². The number of imidazole rings is 1. The van der Waals surface area contributed by atoms with Gasteiger partial charge in [0.25, 0.3) is 0 Å². The maximum atomic E-state index is 8.87. The van der Waals surface area contributed by atoms with Gasteiger partial charge in [-0.2, -0.15) is 5.26 Å². The van der Waals surface area contributed by atoms with Crippen molar-refractivity contribution in [1.82, 2.24) is 9.38 Å². The first kappa shape index (κ1) is 8.57. The zero-order valence-corrected chi connectivity index (χ0v) is 8.10. The molecule has 0 fully saturated rings. The summed E-state index contributed by atoms with van der Waals surface area (Å²) in [6, 6.07) is 7.62. The number of aromatic nitrogens is 2. The molecule has 2 heterocycles. The van der Waals surface area contributed by atoms with Crippen LogP contribution in [0.25, 0.3) is 5.65 Å². The minimum absolute atomic E-state index is 0.600. The van der Waals surface area contributed by atoms with Gasteiger partial charge in [0.2, 0.25) is 0 Å². The number of nitriles is 1. The minimum atomic E-state index is 0.600. The average molecular weight is 186 g/mol. The van der Waals surface area contributed by atoms with E-state index in [9.17, 15) is 0 Å². The van der Waals surface area contributed by atoms with Crippen LogP contribution in [-0.2, 0) is 0 Å². The molecule has 0 spiro atoms. The van der Waals surface area contributed by atoms with Gasteiger partial charge in [0.1, 0.15) is 23.2 Å². The molecule has 0 aliphatic heterocycles. The lowest BCUT2D eigenvalue weighted by Gasteiger charge is -2.05. The van der Waals surface area contributed by atoms with Crippen LogP contribution < -0.4 is 4.90 Å². The number of rotatable bonds is 1. The number of pyridine rings is 1. The SMILES string of the molecule is CN(C)c1cn2c(C#N)cccc2n1. The lowest BCUT2D eigenvalue weighted by atomic mass is 10.4. The summed E-state index contributed by atoms with van der Waals surface area (Å²) >= 11 is 0. The molecule has 0 aliphatic carbocycles. The van der Waals surface area contributed by atoms with Gasteiger partial charge >= 0.3 is 0 Å². The molecule has 14 heavy (non-hydrogen) atoms. The highest BCUT2D eigenvalue weighted by Gasteiger charge is 2.05. The Balaban J connectivity index is 2.72. The molecule has 70 valence electrons. The van der Waals surface area contributed by atoms with Crippen molar-refractivity contribution in [2.75, 3.05) is 19.0 Å². The maximum Gasteiger partial charge on any atom is 0.147 e. The number of anilines is 1. The number of fused-ring (bicyclic) bond motifs is 1. The van der Waals surface area contributed by atoms with Crippen LogP contribution in [0.5, 0.6) is 0 Å². The molecule has 2 rings (SSSR count). The van der Waals surface area contributed by atoms with Crippen molar-refractivity contribution in [2.24, 2.45) is 0 Å². The fourth-order valence-corrected chi connectivity index (χ4v) is 1.30. The molecule has 0 aromatic carbocycles. The molecule has 2 aromatic rings. The van der Waals surface area contributed by atoms with E-state index in [1.165, 1.54) is 0 Å². The Labute approximate surface area is 82.0 Å². The molecule has 0 atom stereocenters. The summed E-state index contributed by atoms with van der Waals surface area (Å²) in [7, 11) is 3.85. The first-order valence-electron chi connectivity index (χ1n) is 4.28. The highest BCUT2D eigenvalue weighted by atomic mass is 15.2. The Morgan fingerprint density at radius 3 is 2.86 bits per heavy atom. The van der Waals surface area contributed by atoms with E-state index in [4.69, 9.17) is 5.26 Å². The summed E-state index contributed by atoms with van der Waals surface area (Å²) in [6.07, 6.45) is 1.86. The molecule has 0 saturated heterocycles. The second-order valence-corrected chi connectivity index (χ2v) is 3.24. The summed E-state index contributed by atoms with van der Waals surface area (Å²) in [5, 5.41) is 8.87. The van der Waals surface area contributed by atoms with Crippen molar-refractivity contribution in [3.8, 4) is 6.07 Å². The molecule has 0 radical (unpaired) electrons. The first-order valence-corrected chi connectivity index (χ1v) is 4.28. The summed E-state index contributed by atoms with van der Waals surface area (Å²) in [4.78, 5) is 6.27. The van der Waals surface area contributed by atoms with E-state index in [-0.39, 0.29) is 0 Å². The fourth-order valence-electron chi connectivity index (χ4n) is 1.30. The van der Waals surface area contributed by atoms with Gasteiger partial charge in [-0.05, 0) is 12.1 Å². The molecule has 0 bridgehead atoms. The van der Waals surface area contributed by atoms with Crippen molar-refractivity contribution in [3.63, 3.8) is 0 Å². The van der Waals surface area contributed by atoms with E-state index in [2.05, 4.69) is 11.1 Å². The van der Waals surface area contributed by atoms with E-state index in [0.717, 1.165) is 11.5 Å². The molecule has 0 saturated carbocycles. The highest BCUT2D eigenvalue weighted by Crippen LogP contribution is 2.13. The molecule has 4 nitrogen and oxygen atoms in total. The zero-order valence-electron chi connectivity index (χ0n) is 8.10. The topological polar surface area (TPSA) is 44.3 Å². The summed E-state index contributed by atoms with van der Waals surface area (Å²) < 4.78 is 1.79. The summed E-state index contributed by atoms with van der Waals surface area (Å²) in [6.45, 7) is 0. The van der Waals surface area contributed by atoms with Gasteiger partial charge in [-0.15, -0.1) is 0 Å². The molecule has 0 amide bonds. The van der Waals surface area contributed by atoms with Gasteiger partial charge in [-0.3, -0.25) is 4.40 Å². The number of nitrogens with zero attached hydrogens (tertiary/aromatic N) is 4. The maximum absolute atomic E-state index is 8.87. The molecular formula is C10H10N4. The van der Waals surface area contributed by atoms with Gasteiger partial charge in [0.15, 0.2) is 0 Å². The lowest BCUT2D eigenvalue weighted by molar-refractivity contribution is 1.09. The van der Waals surface area contributed by atoms with E-state index in [1.807, 2.05) is 37.3 Å². The largest absolute Gasteiger partial charge is 0.361 e. The van der Waals surface area contributed by atoms with E-state index in [1.54, 1.807) is 10.5 Å². The molecule has 0 aliphatic rings. The predicted octanol–water partition coefficient (Wildman–Crippen LogP) is 1.27. The van der Waals surface area contributed by atoms with Crippen molar-refractivity contribution in [1.29, 1.82) is 5.26 Å². The van der Waals surface area contributed by atoms with Crippen LogP contribution in [0.15, 0.2) is 24.4 Å². The highest BCUT2D eigenvalue weighted by molar-refractivity contribution is 5.52. The Morgan fingerprint density at radius 2 is 2.21 bits per heavy atom. The van der Waals surface area contributed by atoms with Crippen molar-refractivity contribution in [2.45, 2.75) is 0 Å². The molecule has 4 heteroatoms. The normalized spacial score (nSPS) is 10.1. The van der Waals surface area contributed by atoms with E-state index in [0.29, 0.717) is 5.69 Å². The summed E-state index contributed by atoms with van der Waals surface area (Å²) in [5.41, 5.74) is 1.40. The molecule has 0 unspecified atom stereocenters. The first-order chi connectivity index (χ1) is 6.72. The third-order valence-electron chi connectivity index (χ3n) is 2.05. The Hall–Kier alpha value is -2.02. The number of hydrogen-bond acceptors (Lipinski definition) is 3. The third kappa shape index (κ3) is 1.19. The van der Waals surface area contributed by atoms with Crippen LogP contribution in [0.2, 0.25) is 0 Å². The van der Waals surface area contributed by atoms with Gasteiger partial charge in [0, 0.05) is 14.1 Å². The smallest absolute Gasteiger partial charge is 0.147 e. The third-order valence-corrected chi connectivity index (χ3v) is 2.05.